The van der Waals surface area contributed by atoms with Crippen molar-refractivity contribution in [3.05, 3.63) is 58.4 Å². The third kappa shape index (κ3) is 2.68. The maximum absolute atomic E-state index is 12.0. The quantitative estimate of drug-likeness (QED) is 0.556. The van der Waals surface area contributed by atoms with Crippen molar-refractivity contribution in [2.24, 2.45) is 16.5 Å². The summed E-state index contributed by atoms with van der Waals surface area (Å²) in [5.74, 6) is -0.714. The Labute approximate surface area is 136 Å². The second-order valence-corrected chi connectivity index (χ2v) is 6.00. The van der Waals surface area contributed by atoms with Crippen LogP contribution in [0.5, 0.6) is 0 Å². The zero-order valence-corrected chi connectivity index (χ0v) is 13.0. The predicted molar refractivity (Wildman–Crippen MR) is 92.4 cm³/mol. The van der Waals surface area contributed by atoms with Crippen molar-refractivity contribution in [2.75, 3.05) is 0 Å². The number of thiophene rings is 1. The standard InChI is InChI=1S/C16H12ClN3OS/c17-13-6-7-22-14(13)11-3-1-2-9-4-5-10(8-12(9)11)15(21)20-16(18)19/h1-8H,(H4,18,19,20,21). The van der Waals surface area contributed by atoms with Crippen LogP contribution in [0.15, 0.2) is 52.8 Å². The van der Waals surface area contributed by atoms with Gasteiger partial charge in [-0.2, -0.15) is 4.99 Å². The number of benzene rings is 2. The van der Waals surface area contributed by atoms with Crippen molar-refractivity contribution in [1.82, 2.24) is 0 Å². The minimum Gasteiger partial charge on any atom is -0.370 e. The molecular formula is C16H12ClN3OS. The van der Waals surface area contributed by atoms with Crippen LogP contribution >= 0.6 is 22.9 Å². The fourth-order valence-corrected chi connectivity index (χ4v) is 3.47. The van der Waals surface area contributed by atoms with E-state index >= 15 is 0 Å². The van der Waals surface area contributed by atoms with Crippen LogP contribution in [0.1, 0.15) is 10.4 Å². The summed E-state index contributed by atoms with van der Waals surface area (Å²) in [5.41, 5.74) is 11.9. The lowest BCUT2D eigenvalue weighted by Gasteiger charge is -2.07. The first kappa shape index (κ1) is 14.6. The number of hydrogen-bond acceptors (Lipinski definition) is 2. The van der Waals surface area contributed by atoms with Crippen molar-refractivity contribution in [3.8, 4) is 10.4 Å². The number of aliphatic imine (C=N–C) groups is 1. The van der Waals surface area contributed by atoms with Crippen LogP contribution in [0.4, 0.5) is 0 Å². The molecule has 0 aliphatic carbocycles. The summed E-state index contributed by atoms with van der Waals surface area (Å²) in [6.07, 6.45) is 0. The highest BCUT2D eigenvalue weighted by atomic mass is 35.5. The summed E-state index contributed by atoms with van der Waals surface area (Å²) in [5, 5.41) is 4.58. The van der Waals surface area contributed by atoms with Crippen LogP contribution in [0.3, 0.4) is 0 Å². The van der Waals surface area contributed by atoms with Crippen LogP contribution < -0.4 is 11.5 Å². The van der Waals surface area contributed by atoms with Crippen LogP contribution in [0.2, 0.25) is 5.02 Å². The molecule has 0 aliphatic heterocycles. The monoisotopic (exact) mass is 329 g/mol. The predicted octanol–water partition coefficient (Wildman–Crippen LogP) is 3.64. The van der Waals surface area contributed by atoms with Gasteiger partial charge in [0.2, 0.25) is 0 Å². The fraction of sp³-hybridized carbons (Fsp3) is 0. The Hall–Kier alpha value is -2.37. The molecule has 0 bridgehead atoms. The van der Waals surface area contributed by atoms with E-state index in [1.165, 1.54) is 0 Å². The molecule has 0 unspecified atom stereocenters. The molecule has 0 atom stereocenters. The second-order valence-electron chi connectivity index (χ2n) is 4.68. The molecule has 2 aromatic carbocycles. The Kier molecular flexibility index (Phi) is 3.83. The molecule has 4 nitrogen and oxygen atoms in total. The van der Waals surface area contributed by atoms with E-state index in [4.69, 9.17) is 23.1 Å². The van der Waals surface area contributed by atoms with E-state index < -0.39 is 5.91 Å². The van der Waals surface area contributed by atoms with Crippen LogP contribution in [-0.2, 0) is 0 Å². The lowest BCUT2D eigenvalue weighted by Crippen LogP contribution is -2.24. The minimum absolute atomic E-state index is 0.250. The van der Waals surface area contributed by atoms with E-state index in [2.05, 4.69) is 4.99 Å². The van der Waals surface area contributed by atoms with Crippen LogP contribution in [0.25, 0.3) is 21.2 Å². The molecule has 0 fully saturated rings. The number of nitrogens with zero attached hydrogens (tertiary/aromatic N) is 1. The number of carbonyl (C=O) groups is 1. The third-order valence-corrected chi connectivity index (χ3v) is 4.60. The summed E-state index contributed by atoms with van der Waals surface area (Å²) < 4.78 is 0. The molecule has 1 aromatic heterocycles. The fourth-order valence-electron chi connectivity index (χ4n) is 2.27. The van der Waals surface area contributed by atoms with Gasteiger partial charge in [-0.1, -0.05) is 35.9 Å². The number of rotatable bonds is 2. The Morgan fingerprint density at radius 2 is 1.95 bits per heavy atom. The number of fused-ring (bicyclic) bond motifs is 1. The molecule has 6 heteroatoms. The highest BCUT2D eigenvalue weighted by molar-refractivity contribution is 7.14. The molecule has 1 heterocycles. The van der Waals surface area contributed by atoms with Gasteiger partial charge in [-0.25, -0.2) is 0 Å². The van der Waals surface area contributed by atoms with Crippen LogP contribution in [-0.4, -0.2) is 11.9 Å². The Morgan fingerprint density at radius 1 is 1.14 bits per heavy atom. The summed E-state index contributed by atoms with van der Waals surface area (Å²) in [6.45, 7) is 0. The maximum atomic E-state index is 12.0. The largest absolute Gasteiger partial charge is 0.370 e. The Balaban J connectivity index is 2.21. The first-order valence-corrected chi connectivity index (χ1v) is 7.72. The van der Waals surface area contributed by atoms with Gasteiger partial charge < -0.3 is 11.5 Å². The van der Waals surface area contributed by atoms with Crippen molar-refractivity contribution < 1.29 is 4.79 Å². The van der Waals surface area contributed by atoms with Crippen molar-refractivity contribution >= 4 is 45.6 Å². The number of halogens is 1. The zero-order valence-electron chi connectivity index (χ0n) is 11.4. The minimum atomic E-state index is -0.464. The normalized spacial score (nSPS) is 10.6. The van der Waals surface area contributed by atoms with Gasteiger partial charge in [0.25, 0.3) is 5.91 Å². The molecule has 1 amide bonds. The Bertz CT molecular complexity index is 897. The van der Waals surface area contributed by atoms with Gasteiger partial charge in [-0.15, -0.1) is 11.3 Å². The van der Waals surface area contributed by atoms with Gasteiger partial charge in [-0.3, -0.25) is 4.79 Å². The number of guanidine groups is 1. The van der Waals surface area contributed by atoms with Gasteiger partial charge >= 0.3 is 0 Å². The third-order valence-electron chi connectivity index (χ3n) is 3.22. The SMILES string of the molecule is NC(N)=NC(=O)c1ccc2cccc(-c3sccc3Cl)c2c1. The van der Waals surface area contributed by atoms with Gasteiger partial charge in [0.1, 0.15) is 0 Å². The number of nitrogens with two attached hydrogens (primary N) is 2. The number of hydrogen-bond donors (Lipinski definition) is 2. The van der Waals surface area contributed by atoms with E-state index in [0.29, 0.717) is 10.6 Å². The van der Waals surface area contributed by atoms with Crippen molar-refractivity contribution in [2.45, 2.75) is 0 Å². The molecule has 3 aromatic rings. The van der Waals surface area contributed by atoms with Gasteiger partial charge in [0.05, 0.1) is 9.90 Å². The van der Waals surface area contributed by atoms with Crippen molar-refractivity contribution in [1.29, 1.82) is 0 Å². The molecule has 110 valence electrons. The molecule has 3 rings (SSSR count). The molecule has 0 spiro atoms. The highest BCUT2D eigenvalue weighted by Gasteiger charge is 2.11. The molecular weight excluding hydrogens is 318 g/mol. The van der Waals surface area contributed by atoms with E-state index in [-0.39, 0.29) is 5.96 Å². The molecule has 4 N–H and O–H groups in total. The highest BCUT2D eigenvalue weighted by Crippen LogP contribution is 2.37. The summed E-state index contributed by atoms with van der Waals surface area (Å²) in [6, 6.07) is 13.1. The van der Waals surface area contributed by atoms with E-state index in [9.17, 15) is 4.79 Å². The van der Waals surface area contributed by atoms with Gasteiger partial charge in [0.15, 0.2) is 5.96 Å². The molecule has 0 saturated carbocycles. The Morgan fingerprint density at radius 3 is 2.64 bits per heavy atom. The smallest absolute Gasteiger partial charge is 0.280 e. The maximum Gasteiger partial charge on any atom is 0.280 e. The van der Waals surface area contributed by atoms with Gasteiger partial charge in [-0.05, 0) is 34.4 Å². The molecule has 0 aliphatic rings. The summed E-state index contributed by atoms with van der Waals surface area (Å²) >= 11 is 7.79. The first-order chi connectivity index (χ1) is 10.6. The van der Waals surface area contributed by atoms with E-state index in [1.54, 1.807) is 23.5 Å². The summed E-state index contributed by atoms with van der Waals surface area (Å²) in [4.78, 5) is 16.5. The molecule has 0 radical (unpaired) electrons. The van der Waals surface area contributed by atoms with Gasteiger partial charge in [0, 0.05) is 11.1 Å². The van der Waals surface area contributed by atoms with Crippen molar-refractivity contribution in [3.63, 3.8) is 0 Å². The lowest BCUT2D eigenvalue weighted by molar-refractivity contribution is 0.100. The van der Waals surface area contributed by atoms with Crippen LogP contribution in [0, 0.1) is 0 Å². The van der Waals surface area contributed by atoms with E-state index in [0.717, 1.165) is 21.2 Å². The van der Waals surface area contributed by atoms with E-state index in [1.807, 2.05) is 35.7 Å². The molecule has 0 saturated heterocycles. The second kappa shape index (κ2) is 5.79. The lowest BCUT2D eigenvalue weighted by atomic mass is 10.0. The zero-order chi connectivity index (χ0) is 15.7. The number of carbonyl (C=O) groups excluding carboxylic acids is 1. The topological polar surface area (TPSA) is 81.5 Å². The average molecular weight is 330 g/mol. The number of amides is 1. The first-order valence-electron chi connectivity index (χ1n) is 6.46. The average Bonchev–Trinajstić information content (AvgIpc) is 2.91. The summed E-state index contributed by atoms with van der Waals surface area (Å²) in [7, 11) is 0. The molecule has 22 heavy (non-hydrogen) atoms.